The summed E-state index contributed by atoms with van der Waals surface area (Å²) in [6.07, 6.45) is -2.22. The van der Waals surface area contributed by atoms with Gasteiger partial charge in [0.1, 0.15) is 0 Å². The number of hydrogen-bond donors (Lipinski definition) is 0. The van der Waals surface area contributed by atoms with Crippen molar-refractivity contribution in [2.24, 2.45) is 0 Å². The van der Waals surface area contributed by atoms with E-state index in [1.807, 2.05) is 11.8 Å². The molecule has 0 saturated carbocycles. The first-order valence-corrected chi connectivity index (χ1v) is 8.83. The van der Waals surface area contributed by atoms with E-state index in [0.717, 1.165) is 25.0 Å². The Bertz CT molecular complexity index is 750. The summed E-state index contributed by atoms with van der Waals surface area (Å²) in [7, 11) is 0. The summed E-state index contributed by atoms with van der Waals surface area (Å²) in [5.74, 6) is 0.294. The Labute approximate surface area is 151 Å². The molecule has 1 aliphatic rings. The average molecular weight is 361 g/mol. The van der Waals surface area contributed by atoms with Crippen LogP contribution in [-0.2, 0) is 17.4 Å². The van der Waals surface area contributed by atoms with Gasteiger partial charge in [0.2, 0.25) is 5.91 Å². The van der Waals surface area contributed by atoms with E-state index in [0.29, 0.717) is 24.6 Å². The summed E-state index contributed by atoms with van der Waals surface area (Å²) in [5, 5.41) is 0. The fourth-order valence-electron chi connectivity index (χ4n) is 3.41. The molecular weight excluding hydrogens is 339 g/mol. The van der Waals surface area contributed by atoms with Crippen LogP contribution in [0.2, 0.25) is 0 Å². The van der Waals surface area contributed by atoms with Crippen molar-refractivity contribution >= 4 is 5.91 Å². The second-order valence-electron chi connectivity index (χ2n) is 6.96. The van der Waals surface area contributed by atoms with Crippen LogP contribution in [0.1, 0.15) is 41.0 Å². The zero-order valence-electron chi connectivity index (χ0n) is 14.7. The fraction of sp³-hybridized carbons (Fsp3) is 0.381. The van der Waals surface area contributed by atoms with E-state index in [-0.39, 0.29) is 12.3 Å². The maximum Gasteiger partial charge on any atom is 0.416 e. The number of alkyl halides is 3. The Morgan fingerprint density at radius 1 is 1.08 bits per heavy atom. The second-order valence-corrected chi connectivity index (χ2v) is 6.96. The Morgan fingerprint density at radius 3 is 2.35 bits per heavy atom. The number of piperidine rings is 1. The van der Waals surface area contributed by atoms with Gasteiger partial charge < -0.3 is 4.90 Å². The molecule has 1 amide bonds. The highest BCUT2D eigenvalue weighted by Gasteiger charge is 2.30. The molecule has 5 heteroatoms. The number of carbonyl (C=O) groups is 1. The first-order valence-electron chi connectivity index (χ1n) is 8.83. The van der Waals surface area contributed by atoms with Gasteiger partial charge in [-0.2, -0.15) is 13.2 Å². The molecule has 0 radical (unpaired) electrons. The monoisotopic (exact) mass is 361 g/mol. The normalized spacial score (nSPS) is 18.0. The third kappa shape index (κ3) is 4.45. The standard InChI is InChI=1S/C21H22F3NO/c1-15-4-8-17(9-5-15)18-3-2-12-25(14-18)20(26)13-16-6-10-19(11-7-16)21(22,23)24/h4-11,18H,2-3,12-14H2,1H3. The third-order valence-corrected chi connectivity index (χ3v) is 4.96. The summed E-state index contributed by atoms with van der Waals surface area (Å²) in [4.78, 5) is 14.4. The van der Waals surface area contributed by atoms with Crippen LogP contribution in [0.5, 0.6) is 0 Å². The van der Waals surface area contributed by atoms with Gasteiger partial charge >= 0.3 is 6.18 Å². The van der Waals surface area contributed by atoms with Crippen LogP contribution >= 0.6 is 0 Å². The van der Waals surface area contributed by atoms with E-state index in [2.05, 4.69) is 24.3 Å². The molecule has 1 saturated heterocycles. The van der Waals surface area contributed by atoms with Gasteiger partial charge in [-0.3, -0.25) is 4.79 Å². The lowest BCUT2D eigenvalue weighted by atomic mass is 9.90. The van der Waals surface area contributed by atoms with E-state index < -0.39 is 11.7 Å². The lowest BCUT2D eigenvalue weighted by molar-refractivity contribution is -0.137. The molecule has 1 fully saturated rings. The molecule has 0 aromatic heterocycles. The summed E-state index contributed by atoms with van der Waals surface area (Å²) in [6.45, 7) is 3.43. The highest BCUT2D eigenvalue weighted by atomic mass is 19.4. The van der Waals surface area contributed by atoms with Crippen LogP contribution < -0.4 is 0 Å². The predicted octanol–water partition coefficient (Wildman–Crippen LogP) is 4.96. The lowest BCUT2D eigenvalue weighted by Crippen LogP contribution is -2.39. The number of aryl methyl sites for hydroxylation is 1. The number of amides is 1. The summed E-state index contributed by atoms with van der Waals surface area (Å²) in [5.41, 5.74) is 2.37. The molecule has 1 heterocycles. The second kappa shape index (κ2) is 7.52. The van der Waals surface area contributed by atoms with Gasteiger partial charge in [-0.05, 0) is 43.0 Å². The molecule has 0 spiro atoms. The minimum Gasteiger partial charge on any atom is -0.342 e. The predicted molar refractivity (Wildman–Crippen MR) is 94.9 cm³/mol. The molecule has 2 nitrogen and oxygen atoms in total. The maximum absolute atomic E-state index is 12.6. The quantitative estimate of drug-likeness (QED) is 0.756. The molecular formula is C21H22F3NO. The van der Waals surface area contributed by atoms with Crippen LogP contribution in [0.4, 0.5) is 13.2 Å². The van der Waals surface area contributed by atoms with Crippen molar-refractivity contribution in [2.75, 3.05) is 13.1 Å². The number of benzene rings is 2. The van der Waals surface area contributed by atoms with Crippen LogP contribution in [0.15, 0.2) is 48.5 Å². The van der Waals surface area contributed by atoms with E-state index in [9.17, 15) is 18.0 Å². The first-order chi connectivity index (χ1) is 12.3. The minimum absolute atomic E-state index is 0.0263. The third-order valence-electron chi connectivity index (χ3n) is 4.96. The molecule has 0 aliphatic carbocycles. The lowest BCUT2D eigenvalue weighted by Gasteiger charge is -2.33. The molecule has 26 heavy (non-hydrogen) atoms. The number of halogens is 3. The van der Waals surface area contributed by atoms with Crippen molar-refractivity contribution in [3.63, 3.8) is 0 Å². The summed E-state index contributed by atoms with van der Waals surface area (Å²) >= 11 is 0. The topological polar surface area (TPSA) is 20.3 Å². The smallest absolute Gasteiger partial charge is 0.342 e. The van der Waals surface area contributed by atoms with Crippen molar-refractivity contribution in [1.29, 1.82) is 0 Å². The zero-order chi connectivity index (χ0) is 18.7. The highest BCUT2D eigenvalue weighted by molar-refractivity contribution is 5.79. The SMILES string of the molecule is Cc1ccc(C2CCCN(C(=O)Cc3ccc(C(F)(F)F)cc3)C2)cc1. The Kier molecular flexibility index (Phi) is 5.35. The van der Waals surface area contributed by atoms with E-state index in [4.69, 9.17) is 0 Å². The number of hydrogen-bond acceptors (Lipinski definition) is 1. The van der Waals surface area contributed by atoms with Crippen LogP contribution in [0.3, 0.4) is 0 Å². The minimum atomic E-state index is -4.35. The first kappa shape index (κ1) is 18.5. The Balaban J connectivity index is 1.63. The van der Waals surface area contributed by atoms with Crippen molar-refractivity contribution in [3.8, 4) is 0 Å². The van der Waals surface area contributed by atoms with Gasteiger partial charge in [-0.15, -0.1) is 0 Å². The van der Waals surface area contributed by atoms with Gasteiger partial charge in [0.05, 0.1) is 12.0 Å². The van der Waals surface area contributed by atoms with Gasteiger partial charge in [0.25, 0.3) is 0 Å². The molecule has 0 bridgehead atoms. The van der Waals surface area contributed by atoms with Gasteiger partial charge in [-0.1, -0.05) is 42.0 Å². The molecule has 1 unspecified atom stereocenters. The van der Waals surface area contributed by atoms with Crippen molar-refractivity contribution in [2.45, 2.75) is 38.3 Å². The van der Waals surface area contributed by atoms with Crippen molar-refractivity contribution < 1.29 is 18.0 Å². The zero-order valence-corrected chi connectivity index (χ0v) is 14.7. The maximum atomic E-state index is 12.6. The van der Waals surface area contributed by atoms with Gasteiger partial charge in [-0.25, -0.2) is 0 Å². The molecule has 0 N–H and O–H groups in total. The van der Waals surface area contributed by atoms with Gasteiger partial charge in [0, 0.05) is 19.0 Å². The number of likely N-dealkylation sites (tertiary alicyclic amines) is 1. The summed E-state index contributed by atoms with van der Waals surface area (Å²) in [6, 6.07) is 13.2. The van der Waals surface area contributed by atoms with Crippen LogP contribution in [0.25, 0.3) is 0 Å². The van der Waals surface area contributed by atoms with E-state index in [1.165, 1.54) is 23.3 Å². The Morgan fingerprint density at radius 2 is 1.73 bits per heavy atom. The van der Waals surface area contributed by atoms with E-state index >= 15 is 0 Å². The number of nitrogens with zero attached hydrogens (tertiary/aromatic N) is 1. The van der Waals surface area contributed by atoms with Crippen LogP contribution in [-0.4, -0.2) is 23.9 Å². The molecule has 2 aromatic carbocycles. The molecule has 1 aliphatic heterocycles. The van der Waals surface area contributed by atoms with Gasteiger partial charge in [0.15, 0.2) is 0 Å². The van der Waals surface area contributed by atoms with Crippen LogP contribution in [0, 0.1) is 6.92 Å². The van der Waals surface area contributed by atoms with Crippen molar-refractivity contribution in [1.82, 2.24) is 4.90 Å². The average Bonchev–Trinajstić information content (AvgIpc) is 2.62. The molecule has 1 atom stereocenters. The summed E-state index contributed by atoms with van der Waals surface area (Å²) < 4.78 is 37.9. The largest absolute Gasteiger partial charge is 0.416 e. The molecule has 3 rings (SSSR count). The number of rotatable bonds is 3. The molecule has 2 aromatic rings. The molecule has 138 valence electrons. The highest BCUT2D eigenvalue weighted by Crippen LogP contribution is 2.30. The van der Waals surface area contributed by atoms with Crippen molar-refractivity contribution in [3.05, 3.63) is 70.8 Å². The fourth-order valence-corrected chi connectivity index (χ4v) is 3.41. The Hall–Kier alpha value is -2.30. The number of carbonyl (C=O) groups excluding carboxylic acids is 1. The van der Waals surface area contributed by atoms with E-state index in [1.54, 1.807) is 0 Å².